The predicted molar refractivity (Wildman–Crippen MR) is 88.1 cm³/mol. The van der Waals surface area contributed by atoms with Crippen LogP contribution in [0.1, 0.15) is 79.6 Å². The van der Waals surface area contributed by atoms with Gasteiger partial charge in [0.2, 0.25) is 0 Å². The van der Waals surface area contributed by atoms with Gasteiger partial charge < -0.3 is 5.32 Å². The molecule has 0 radical (unpaired) electrons. The fourth-order valence-electron chi connectivity index (χ4n) is 4.46. The third kappa shape index (κ3) is 3.39. The number of nitrogens with zero attached hydrogens (tertiary/aromatic N) is 1. The highest BCUT2D eigenvalue weighted by atomic mass is 15.3. The fourth-order valence-corrected chi connectivity index (χ4v) is 4.46. The van der Waals surface area contributed by atoms with Crippen molar-refractivity contribution in [3.63, 3.8) is 0 Å². The van der Waals surface area contributed by atoms with Crippen molar-refractivity contribution in [2.45, 2.75) is 97.2 Å². The van der Waals surface area contributed by atoms with Crippen molar-refractivity contribution in [2.75, 3.05) is 13.1 Å². The third-order valence-electron chi connectivity index (χ3n) is 6.14. The van der Waals surface area contributed by atoms with E-state index in [9.17, 15) is 0 Å². The molecule has 2 rings (SSSR count). The summed E-state index contributed by atoms with van der Waals surface area (Å²) >= 11 is 0. The molecule has 1 heterocycles. The van der Waals surface area contributed by atoms with E-state index in [2.05, 4.69) is 44.8 Å². The molecule has 2 atom stereocenters. The Balaban J connectivity index is 2.12. The molecule has 0 bridgehead atoms. The van der Waals surface area contributed by atoms with Crippen LogP contribution in [0.5, 0.6) is 0 Å². The molecular weight excluding hydrogens is 244 g/mol. The van der Waals surface area contributed by atoms with Crippen molar-refractivity contribution in [3.05, 3.63) is 0 Å². The van der Waals surface area contributed by atoms with Crippen LogP contribution in [0, 0.1) is 5.41 Å². The summed E-state index contributed by atoms with van der Waals surface area (Å²) in [6, 6.07) is 1.57. The molecule has 1 saturated heterocycles. The summed E-state index contributed by atoms with van der Waals surface area (Å²) < 4.78 is 0. The second-order valence-electron chi connectivity index (χ2n) is 8.02. The monoisotopic (exact) mass is 280 g/mol. The van der Waals surface area contributed by atoms with Crippen LogP contribution >= 0.6 is 0 Å². The first-order chi connectivity index (χ1) is 9.45. The molecule has 1 saturated carbocycles. The molecule has 2 nitrogen and oxygen atoms in total. The summed E-state index contributed by atoms with van der Waals surface area (Å²) in [6.45, 7) is 14.5. The summed E-state index contributed by atoms with van der Waals surface area (Å²) in [4.78, 5) is 2.89. The highest BCUT2D eigenvalue weighted by Crippen LogP contribution is 2.39. The minimum Gasteiger partial charge on any atom is -0.308 e. The molecule has 1 aliphatic carbocycles. The molecular formula is C18H36N2. The quantitative estimate of drug-likeness (QED) is 0.830. The Morgan fingerprint density at radius 2 is 1.85 bits per heavy atom. The molecule has 20 heavy (non-hydrogen) atoms. The van der Waals surface area contributed by atoms with E-state index in [1.807, 2.05) is 0 Å². The van der Waals surface area contributed by atoms with Gasteiger partial charge in [-0.2, -0.15) is 0 Å². The standard InChI is InChI=1S/C18H36N2/c1-6-15-13-19-18(7-2,8-3)14-20(15)16-10-9-11-17(4,5)12-16/h15-16,19H,6-14H2,1-5H3. The maximum absolute atomic E-state index is 3.88. The van der Waals surface area contributed by atoms with Crippen LogP contribution in [-0.4, -0.2) is 35.6 Å². The Morgan fingerprint density at radius 3 is 2.40 bits per heavy atom. The largest absolute Gasteiger partial charge is 0.308 e. The highest BCUT2D eigenvalue weighted by Gasteiger charge is 2.41. The van der Waals surface area contributed by atoms with Crippen LogP contribution in [0.3, 0.4) is 0 Å². The zero-order valence-corrected chi connectivity index (χ0v) is 14.5. The Morgan fingerprint density at radius 1 is 1.15 bits per heavy atom. The Labute approximate surface area is 126 Å². The highest BCUT2D eigenvalue weighted by molar-refractivity contribution is 5.00. The number of rotatable bonds is 4. The molecule has 2 unspecified atom stereocenters. The van der Waals surface area contributed by atoms with Gasteiger partial charge in [-0.05, 0) is 43.9 Å². The van der Waals surface area contributed by atoms with Gasteiger partial charge in [0.25, 0.3) is 0 Å². The normalized spacial score (nSPS) is 34.0. The molecule has 1 N–H and O–H groups in total. The number of hydrogen-bond donors (Lipinski definition) is 1. The predicted octanol–water partition coefficient (Wildman–Crippen LogP) is 4.20. The lowest BCUT2D eigenvalue weighted by Crippen LogP contribution is -2.66. The first-order valence-electron chi connectivity index (χ1n) is 8.96. The van der Waals surface area contributed by atoms with E-state index in [1.54, 1.807) is 0 Å². The first kappa shape index (κ1) is 16.3. The lowest BCUT2D eigenvalue weighted by Gasteiger charge is -2.52. The van der Waals surface area contributed by atoms with E-state index in [0.717, 1.165) is 12.1 Å². The van der Waals surface area contributed by atoms with E-state index in [0.29, 0.717) is 11.0 Å². The zero-order valence-electron chi connectivity index (χ0n) is 14.5. The molecule has 2 aliphatic rings. The average molecular weight is 280 g/mol. The van der Waals surface area contributed by atoms with Gasteiger partial charge in [-0.3, -0.25) is 4.90 Å². The smallest absolute Gasteiger partial charge is 0.0304 e. The second-order valence-corrected chi connectivity index (χ2v) is 8.02. The number of hydrogen-bond acceptors (Lipinski definition) is 2. The molecule has 1 aliphatic heterocycles. The van der Waals surface area contributed by atoms with Gasteiger partial charge in [0.1, 0.15) is 0 Å². The Kier molecular flexibility index (Phi) is 5.18. The summed E-state index contributed by atoms with van der Waals surface area (Å²) in [6.07, 6.45) is 9.45. The van der Waals surface area contributed by atoms with Crippen molar-refractivity contribution >= 4 is 0 Å². The topological polar surface area (TPSA) is 15.3 Å². The van der Waals surface area contributed by atoms with Crippen LogP contribution in [0.2, 0.25) is 0 Å². The maximum Gasteiger partial charge on any atom is 0.0304 e. The van der Waals surface area contributed by atoms with Crippen molar-refractivity contribution in [1.29, 1.82) is 0 Å². The number of piperazine rings is 1. The summed E-state index contributed by atoms with van der Waals surface area (Å²) in [5, 5.41) is 3.88. The van der Waals surface area contributed by atoms with Crippen LogP contribution in [0.4, 0.5) is 0 Å². The average Bonchev–Trinajstić information content (AvgIpc) is 2.45. The fraction of sp³-hybridized carbons (Fsp3) is 1.00. The second kappa shape index (κ2) is 6.36. The molecule has 2 heteroatoms. The molecule has 0 aromatic heterocycles. The van der Waals surface area contributed by atoms with Crippen molar-refractivity contribution < 1.29 is 0 Å². The molecule has 0 aromatic carbocycles. The molecule has 0 amide bonds. The SMILES string of the molecule is CCC1CNC(CC)(CC)CN1C1CCCC(C)(C)C1. The first-order valence-corrected chi connectivity index (χ1v) is 8.96. The molecule has 0 spiro atoms. The summed E-state index contributed by atoms with van der Waals surface area (Å²) in [5.41, 5.74) is 0.917. The van der Waals surface area contributed by atoms with Gasteiger partial charge in [0.15, 0.2) is 0 Å². The van der Waals surface area contributed by atoms with Crippen molar-refractivity contribution in [3.8, 4) is 0 Å². The van der Waals surface area contributed by atoms with Crippen molar-refractivity contribution in [1.82, 2.24) is 10.2 Å². The van der Waals surface area contributed by atoms with E-state index < -0.39 is 0 Å². The molecule has 118 valence electrons. The van der Waals surface area contributed by atoms with Gasteiger partial charge in [-0.25, -0.2) is 0 Å². The van der Waals surface area contributed by atoms with Crippen LogP contribution in [0.15, 0.2) is 0 Å². The number of nitrogens with one attached hydrogen (secondary N) is 1. The van der Waals surface area contributed by atoms with Gasteiger partial charge in [-0.15, -0.1) is 0 Å². The zero-order chi connectivity index (χ0) is 14.8. The van der Waals surface area contributed by atoms with E-state index >= 15 is 0 Å². The van der Waals surface area contributed by atoms with Crippen molar-refractivity contribution in [2.24, 2.45) is 5.41 Å². The third-order valence-corrected chi connectivity index (χ3v) is 6.14. The molecule has 0 aromatic rings. The lowest BCUT2D eigenvalue weighted by molar-refractivity contribution is 0.000813. The van der Waals surface area contributed by atoms with E-state index in [-0.39, 0.29) is 0 Å². The van der Waals surface area contributed by atoms with Gasteiger partial charge in [-0.1, -0.05) is 41.0 Å². The molecule has 2 fully saturated rings. The van der Waals surface area contributed by atoms with E-state index in [4.69, 9.17) is 0 Å². The van der Waals surface area contributed by atoms with Gasteiger partial charge in [0.05, 0.1) is 0 Å². The van der Waals surface area contributed by atoms with E-state index in [1.165, 1.54) is 58.0 Å². The Bertz CT molecular complexity index is 307. The van der Waals surface area contributed by atoms with Gasteiger partial charge in [0, 0.05) is 30.7 Å². The maximum atomic E-state index is 3.88. The minimum atomic E-state index is 0.368. The lowest BCUT2D eigenvalue weighted by atomic mass is 9.73. The summed E-state index contributed by atoms with van der Waals surface area (Å²) in [5.74, 6) is 0. The minimum absolute atomic E-state index is 0.368. The van der Waals surface area contributed by atoms with Crippen LogP contribution in [0.25, 0.3) is 0 Å². The summed E-state index contributed by atoms with van der Waals surface area (Å²) in [7, 11) is 0. The van der Waals surface area contributed by atoms with Crippen LogP contribution < -0.4 is 5.32 Å². The van der Waals surface area contributed by atoms with Crippen LogP contribution in [-0.2, 0) is 0 Å². The Hall–Kier alpha value is -0.0800. The van der Waals surface area contributed by atoms with Gasteiger partial charge >= 0.3 is 0 Å².